The zero-order chi connectivity index (χ0) is 11.3. The van der Waals surface area contributed by atoms with Gasteiger partial charge in [0.05, 0.1) is 6.61 Å². The van der Waals surface area contributed by atoms with Crippen LogP contribution >= 0.6 is 0 Å². The maximum absolute atomic E-state index is 11.4. The summed E-state index contributed by atoms with van der Waals surface area (Å²) < 4.78 is 4.92. The van der Waals surface area contributed by atoms with Crippen molar-refractivity contribution in [3.63, 3.8) is 0 Å². The molecule has 1 heterocycles. The summed E-state index contributed by atoms with van der Waals surface area (Å²) in [5.74, 6) is 0.477. The molecule has 1 N–H and O–H groups in total. The summed E-state index contributed by atoms with van der Waals surface area (Å²) in [7, 11) is 1.65. The lowest BCUT2D eigenvalue weighted by atomic mass is 9.97. The lowest BCUT2D eigenvalue weighted by molar-refractivity contribution is -0.0805. The van der Waals surface area contributed by atoms with E-state index in [4.69, 9.17) is 9.94 Å². The van der Waals surface area contributed by atoms with Crippen LogP contribution in [0.1, 0.15) is 19.8 Å². The molecule has 0 saturated carbocycles. The highest BCUT2D eigenvalue weighted by Gasteiger charge is 2.23. The fourth-order valence-corrected chi connectivity index (χ4v) is 1.89. The SMILES string of the molecule is CCOC(=O)N1CCC(CN(C)O)CC1. The number of hydroxylamine groups is 2. The van der Waals surface area contributed by atoms with Crippen molar-refractivity contribution >= 4 is 6.09 Å². The van der Waals surface area contributed by atoms with Gasteiger partial charge in [0.2, 0.25) is 0 Å². The first-order valence-electron chi connectivity index (χ1n) is 5.45. The third-order valence-corrected chi connectivity index (χ3v) is 2.66. The molecule has 0 aromatic carbocycles. The Labute approximate surface area is 90.6 Å². The molecule has 0 aromatic rings. The summed E-state index contributed by atoms with van der Waals surface area (Å²) in [6.07, 6.45) is 1.65. The molecule has 5 heteroatoms. The average Bonchev–Trinajstić information content (AvgIpc) is 2.18. The molecule has 1 amide bonds. The molecule has 0 radical (unpaired) electrons. The van der Waals surface area contributed by atoms with Gasteiger partial charge in [0.15, 0.2) is 0 Å². The highest BCUT2D eigenvalue weighted by Crippen LogP contribution is 2.18. The van der Waals surface area contributed by atoms with Crippen LogP contribution in [-0.2, 0) is 4.74 Å². The van der Waals surface area contributed by atoms with Gasteiger partial charge < -0.3 is 14.8 Å². The molecule has 15 heavy (non-hydrogen) atoms. The van der Waals surface area contributed by atoms with Gasteiger partial charge in [-0.15, -0.1) is 0 Å². The maximum Gasteiger partial charge on any atom is 0.409 e. The average molecular weight is 216 g/mol. The zero-order valence-electron chi connectivity index (χ0n) is 9.48. The quantitative estimate of drug-likeness (QED) is 0.720. The Bertz CT molecular complexity index is 201. The van der Waals surface area contributed by atoms with Crippen molar-refractivity contribution in [1.82, 2.24) is 9.96 Å². The van der Waals surface area contributed by atoms with Gasteiger partial charge in [-0.1, -0.05) is 0 Å². The van der Waals surface area contributed by atoms with Gasteiger partial charge in [-0.2, -0.15) is 5.06 Å². The standard InChI is InChI=1S/C10H20N2O3/c1-3-15-10(13)12-6-4-9(5-7-12)8-11(2)14/h9,14H,3-8H2,1-2H3. The topological polar surface area (TPSA) is 53.0 Å². The van der Waals surface area contributed by atoms with Crippen molar-refractivity contribution in [3.8, 4) is 0 Å². The summed E-state index contributed by atoms with van der Waals surface area (Å²) in [6.45, 7) is 4.38. The normalized spacial score (nSPS) is 18.3. The Kier molecular flexibility index (Phi) is 4.84. The Morgan fingerprint density at radius 3 is 2.60 bits per heavy atom. The fraction of sp³-hybridized carbons (Fsp3) is 0.900. The maximum atomic E-state index is 11.4. The smallest absolute Gasteiger partial charge is 0.409 e. The summed E-state index contributed by atoms with van der Waals surface area (Å²) >= 11 is 0. The molecule has 1 aliphatic rings. The first-order valence-corrected chi connectivity index (χ1v) is 5.45. The van der Waals surface area contributed by atoms with Crippen molar-refractivity contribution in [1.29, 1.82) is 0 Å². The van der Waals surface area contributed by atoms with Crippen LogP contribution in [0.5, 0.6) is 0 Å². The molecule has 5 nitrogen and oxygen atoms in total. The van der Waals surface area contributed by atoms with Crippen LogP contribution in [0.3, 0.4) is 0 Å². The molecular formula is C10H20N2O3. The first-order chi connectivity index (χ1) is 7.13. The number of rotatable bonds is 3. The lowest BCUT2D eigenvalue weighted by Gasteiger charge is -2.31. The van der Waals surface area contributed by atoms with Crippen LogP contribution in [0, 0.1) is 5.92 Å². The largest absolute Gasteiger partial charge is 0.450 e. The van der Waals surface area contributed by atoms with E-state index in [1.54, 1.807) is 11.9 Å². The van der Waals surface area contributed by atoms with E-state index in [0.29, 0.717) is 19.1 Å². The summed E-state index contributed by atoms with van der Waals surface area (Å²) in [5.41, 5.74) is 0. The molecule has 1 saturated heterocycles. The molecule has 88 valence electrons. The van der Waals surface area contributed by atoms with Gasteiger partial charge in [-0.3, -0.25) is 0 Å². The van der Waals surface area contributed by atoms with Crippen molar-refractivity contribution in [2.75, 3.05) is 33.3 Å². The van der Waals surface area contributed by atoms with Gasteiger partial charge in [0.25, 0.3) is 0 Å². The van der Waals surface area contributed by atoms with Crippen LogP contribution < -0.4 is 0 Å². The second-order valence-corrected chi connectivity index (χ2v) is 3.97. The molecule has 1 rings (SSSR count). The number of amides is 1. The van der Waals surface area contributed by atoms with E-state index in [9.17, 15) is 4.79 Å². The van der Waals surface area contributed by atoms with E-state index in [2.05, 4.69) is 0 Å². The van der Waals surface area contributed by atoms with Gasteiger partial charge in [-0.25, -0.2) is 4.79 Å². The number of carbonyl (C=O) groups is 1. The number of piperidine rings is 1. The number of likely N-dealkylation sites (tertiary alicyclic amines) is 1. The molecule has 0 atom stereocenters. The first kappa shape index (κ1) is 12.3. The van der Waals surface area contributed by atoms with Gasteiger partial charge in [0.1, 0.15) is 0 Å². The summed E-state index contributed by atoms with van der Waals surface area (Å²) in [5, 5.41) is 10.3. The monoisotopic (exact) mass is 216 g/mol. The van der Waals surface area contributed by atoms with E-state index in [1.807, 2.05) is 6.92 Å². The summed E-state index contributed by atoms with van der Waals surface area (Å²) in [4.78, 5) is 13.1. The molecule has 0 aromatic heterocycles. The number of ether oxygens (including phenoxy) is 1. The molecular weight excluding hydrogens is 196 g/mol. The fourth-order valence-electron chi connectivity index (χ4n) is 1.89. The van der Waals surface area contributed by atoms with Gasteiger partial charge in [-0.05, 0) is 25.7 Å². The lowest BCUT2D eigenvalue weighted by Crippen LogP contribution is -2.40. The summed E-state index contributed by atoms with van der Waals surface area (Å²) in [6, 6.07) is 0. The number of hydrogen-bond acceptors (Lipinski definition) is 4. The van der Waals surface area contributed by atoms with E-state index >= 15 is 0 Å². The Hall–Kier alpha value is -0.810. The number of hydrogen-bond donors (Lipinski definition) is 1. The van der Waals surface area contributed by atoms with Crippen LogP contribution in [0.25, 0.3) is 0 Å². The highest BCUT2D eigenvalue weighted by molar-refractivity contribution is 5.67. The van der Waals surface area contributed by atoms with E-state index in [0.717, 1.165) is 25.9 Å². The number of nitrogens with zero attached hydrogens (tertiary/aromatic N) is 2. The van der Waals surface area contributed by atoms with Crippen molar-refractivity contribution in [2.45, 2.75) is 19.8 Å². The van der Waals surface area contributed by atoms with Gasteiger partial charge >= 0.3 is 6.09 Å². The highest BCUT2D eigenvalue weighted by atomic mass is 16.6. The minimum atomic E-state index is -0.215. The van der Waals surface area contributed by atoms with E-state index in [1.165, 1.54) is 5.06 Å². The Morgan fingerprint density at radius 1 is 1.53 bits per heavy atom. The molecule has 0 spiro atoms. The molecule has 0 aliphatic carbocycles. The Morgan fingerprint density at radius 2 is 2.13 bits per heavy atom. The van der Waals surface area contributed by atoms with Crippen molar-refractivity contribution in [3.05, 3.63) is 0 Å². The third-order valence-electron chi connectivity index (χ3n) is 2.66. The van der Waals surface area contributed by atoms with Crippen LogP contribution in [0.4, 0.5) is 4.79 Å². The van der Waals surface area contributed by atoms with Crippen LogP contribution in [0.15, 0.2) is 0 Å². The minimum Gasteiger partial charge on any atom is -0.450 e. The van der Waals surface area contributed by atoms with Crippen LogP contribution in [0.2, 0.25) is 0 Å². The molecule has 0 bridgehead atoms. The predicted molar refractivity (Wildman–Crippen MR) is 55.7 cm³/mol. The van der Waals surface area contributed by atoms with Crippen molar-refractivity contribution in [2.24, 2.45) is 5.92 Å². The zero-order valence-corrected chi connectivity index (χ0v) is 9.48. The molecule has 1 aliphatic heterocycles. The van der Waals surface area contributed by atoms with E-state index in [-0.39, 0.29) is 6.09 Å². The minimum absolute atomic E-state index is 0.215. The van der Waals surface area contributed by atoms with Crippen molar-refractivity contribution < 1.29 is 14.7 Å². The third kappa shape index (κ3) is 4.05. The number of carbonyl (C=O) groups excluding carboxylic acids is 1. The van der Waals surface area contributed by atoms with Crippen LogP contribution in [-0.4, -0.2) is 54.6 Å². The van der Waals surface area contributed by atoms with E-state index < -0.39 is 0 Å². The second kappa shape index (κ2) is 5.92. The molecule has 0 unspecified atom stereocenters. The predicted octanol–water partition coefficient (Wildman–Crippen LogP) is 1.18. The molecule has 1 fully saturated rings. The van der Waals surface area contributed by atoms with Gasteiger partial charge in [0, 0.05) is 26.7 Å². The second-order valence-electron chi connectivity index (χ2n) is 3.97. The Balaban J connectivity index is 2.26.